The maximum atomic E-state index is 4.47. The highest BCUT2D eigenvalue weighted by Gasteiger charge is 2.04. The van der Waals surface area contributed by atoms with Gasteiger partial charge < -0.3 is 0 Å². The van der Waals surface area contributed by atoms with Gasteiger partial charge in [0.1, 0.15) is 0 Å². The SMILES string of the molecule is CCCC/C=C(\c1ccccc1)c1ccccn1. The Morgan fingerprint density at radius 2 is 1.83 bits per heavy atom. The molecule has 0 saturated carbocycles. The van der Waals surface area contributed by atoms with Gasteiger partial charge in [0.05, 0.1) is 5.69 Å². The summed E-state index contributed by atoms with van der Waals surface area (Å²) in [6.07, 6.45) is 7.72. The minimum atomic E-state index is 1.06. The number of nitrogens with zero attached hydrogens (tertiary/aromatic N) is 1. The highest BCUT2D eigenvalue weighted by Crippen LogP contribution is 2.22. The van der Waals surface area contributed by atoms with Gasteiger partial charge in [0.25, 0.3) is 0 Å². The van der Waals surface area contributed by atoms with E-state index < -0.39 is 0 Å². The van der Waals surface area contributed by atoms with Crippen molar-refractivity contribution in [3.05, 3.63) is 72.1 Å². The van der Waals surface area contributed by atoms with Gasteiger partial charge in [0.15, 0.2) is 0 Å². The van der Waals surface area contributed by atoms with E-state index in [1.807, 2.05) is 24.4 Å². The number of unbranched alkanes of at least 4 members (excludes halogenated alkanes) is 2. The van der Waals surface area contributed by atoms with Gasteiger partial charge in [-0.25, -0.2) is 0 Å². The summed E-state index contributed by atoms with van der Waals surface area (Å²) in [5.41, 5.74) is 3.54. The predicted octanol–water partition coefficient (Wildman–Crippen LogP) is 4.70. The van der Waals surface area contributed by atoms with Gasteiger partial charge in [-0.2, -0.15) is 0 Å². The van der Waals surface area contributed by atoms with Crippen molar-refractivity contribution in [1.29, 1.82) is 0 Å². The lowest BCUT2D eigenvalue weighted by Gasteiger charge is -2.07. The molecule has 2 rings (SSSR count). The van der Waals surface area contributed by atoms with E-state index in [9.17, 15) is 0 Å². The monoisotopic (exact) mass is 237 g/mol. The first kappa shape index (κ1) is 12.6. The first-order valence-corrected chi connectivity index (χ1v) is 6.59. The fourth-order valence-corrected chi connectivity index (χ4v) is 1.96. The molecule has 1 nitrogen and oxygen atoms in total. The molecule has 1 aromatic carbocycles. The standard InChI is InChI=1S/C17H19N/c1-2-3-5-12-16(15-10-6-4-7-11-15)17-13-8-9-14-18-17/h4,6-14H,2-3,5H2,1H3/b16-12+. The number of pyridine rings is 1. The molecule has 92 valence electrons. The molecule has 0 aliphatic rings. The van der Waals surface area contributed by atoms with Crippen LogP contribution in [-0.2, 0) is 0 Å². The third-order valence-electron chi connectivity index (χ3n) is 2.93. The normalized spacial score (nSPS) is 11.5. The average molecular weight is 237 g/mol. The summed E-state index contributed by atoms with van der Waals surface area (Å²) in [6.45, 7) is 2.22. The van der Waals surface area contributed by atoms with E-state index in [0.29, 0.717) is 0 Å². The van der Waals surface area contributed by atoms with Gasteiger partial charge in [0, 0.05) is 11.8 Å². The number of hydrogen-bond donors (Lipinski definition) is 0. The third-order valence-corrected chi connectivity index (χ3v) is 2.93. The molecule has 0 spiro atoms. The molecule has 0 atom stereocenters. The molecular formula is C17H19N. The summed E-state index contributed by atoms with van der Waals surface area (Å²) in [5.74, 6) is 0. The van der Waals surface area contributed by atoms with Crippen LogP contribution in [-0.4, -0.2) is 4.98 Å². The van der Waals surface area contributed by atoms with Crippen LogP contribution in [0.25, 0.3) is 5.57 Å². The Hall–Kier alpha value is -1.89. The maximum Gasteiger partial charge on any atom is 0.0704 e. The topological polar surface area (TPSA) is 12.9 Å². The summed E-state index contributed by atoms with van der Waals surface area (Å²) in [5, 5.41) is 0. The predicted molar refractivity (Wildman–Crippen MR) is 77.3 cm³/mol. The Kier molecular flexibility index (Phi) is 4.71. The van der Waals surface area contributed by atoms with Crippen LogP contribution in [0.4, 0.5) is 0 Å². The third kappa shape index (κ3) is 3.30. The van der Waals surface area contributed by atoms with Crippen molar-refractivity contribution >= 4 is 5.57 Å². The number of allylic oxidation sites excluding steroid dienone is 1. The van der Waals surface area contributed by atoms with Crippen LogP contribution >= 0.6 is 0 Å². The lowest BCUT2D eigenvalue weighted by molar-refractivity contribution is 0.815. The summed E-state index contributed by atoms with van der Waals surface area (Å²) in [7, 11) is 0. The van der Waals surface area contributed by atoms with Crippen molar-refractivity contribution in [3.8, 4) is 0 Å². The largest absolute Gasteiger partial charge is 0.256 e. The summed E-state index contributed by atoms with van der Waals surface area (Å²) in [4.78, 5) is 4.47. The van der Waals surface area contributed by atoms with E-state index >= 15 is 0 Å². The highest BCUT2D eigenvalue weighted by molar-refractivity contribution is 5.77. The second-order valence-electron chi connectivity index (χ2n) is 4.34. The molecule has 0 amide bonds. The van der Waals surface area contributed by atoms with E-state index in [1.165, 1.54) is 24.0 Å². The average Bonchev–Trinajstić information content (AvgIpc) is 2.46. The fraction of sp³-hybridized carbons (Fsp3) is 0.235. The van der Waals surface area contributed by atoms with E-state index in [0.717, 1.165) is 12.1 Å². The molecule has 0 bridgehead atoms. The Morgan fingerprint density at radius 3 is 2.50 bits per heavy atom. The minimum absolute atomic E-state index is 1.06. The second-order valence-corrected chi connectivity index (χ2v) is 4.34. The van der Waals surface area contributed by atoms with Gasteiger partial charge in [-0.1, -0.05) is 62.2 Å². The van der Waals surface area contributed by atoms with Gasteiger partial charge in [-0.3, -0.25) is 4.98 Å². The number of benzene rings is 1. The number of hydrogen-bond acceptors (Lipinski definition) is 1. The van der Waals surface area contributed by atoms with Crippen LogP contribution in [0, 0.1) is 0 Å². The molecule has 0 aliphatic carbocycles. The van der Waals surface area contributed by atoms with Gasteiger partial charge in [-0.15, -0.1) is 0 Å². The van der Waals surface area contributed by atoms with E-state index in [4.69, 9.17) is 0 Å². The minimum Gasteiger partial charge on any atom is -0.256 e. The van der Waals surface area contributed by atoms with Crippen LogP contribution in [0.3, 0.4) is 0 Å². The zero-order chi connectivity index (χ0) is 12.6. The first-order valence-electron chi connectivity index (χ1n) is 6.59. The van der Waals surface area contributed by atoms with E-state index in [2.05, 4.69) is 48.3 Å². The molecule has 0 radical (unpaired) electrons. The van der Waals surface area contributed by atoms with Crippen LogP contribution in [0.2, 0.25) is 0 Å². The Balaban J connectivity index is 2.33. The van der Waals surface area contributed by atoms with Crippen molar-refractivity contribution in [2.75, 3.05) is 0 Å². The molecule has 0 N–H and O–H groups in total. The van der Waals surface area contributed by atoms with Crippen molar-refractivity contribution < 1.29 is 0 Å². The van der Waals surface area contributed by atoms with Gasteiger partial charge >= 0.3 is 0 Å². The summed E-state index contributed by atoms with van der Waals surface area (Å²) < 4.78 is 0. The lowest BCUT2D eigenvalue weighted by atomic mass is 10.0. The zero-order valence-electron chi connectivity index (χ0n) is 10.8. The van der Waals surface area contributed by atoms with Crippen LogP contribution in [0.5, 0.6) is 0 Å². The van der Waals surface area contributed by atoms with Gasteiger partial charge in [0.2, 0.25) is 0 Å². The maximum absolute atomic E-state index is 4.47. The van der Waals surface area contributed by atoms with Gasteiger partial charge in [-0.05, 0) is 24.1 Å². The number of rotatable bonds is 5. The van der Waals surface area contributed by atoms with Crippen LogP contribution < -0.4 is 0 Å². The van der Waals surface area contributed by atoms with E-state index in [-0.39, 0.29) is 0 Å². The van der Waals surface area contributed by atoms with Crippen LogP contribution in [0.15, 0.2) is 60.8 Å². The Morgan fingerprint density at radius 1 is 1.06 bits per heavy atom. The highest BCUT2D eigenvalue weighted by atomic mass is 14.7. The molecule has 0 saturated heterocycles. The lowest BCUT2D eigenvalue weighted by Crippen LogP contribution is -1.91. The number of aromatic nitrogens is 1. The van der Waals surface area contributed by atoms with Crippen LogP contribution in [0.1, 0.15) is 37.4 Å². The molecule has 0 unspecified atom stereocenters. The smallest absolute Gasteiger partial charge is 0.0704 e. The Bertz CT molecular complexity index is 444. The molecule has 1 heterocycles. The quantitative estimate of drug-likeness (QED) is 0.687. The summed E-state index contributed by atoms with van der Waals surface area (Å²) in [6, 6.07) is 16.6. The van der Waals surface area contributed by atoms with Crippen molar-refractivity contribution in [3.63, 3.8) is 0 Å². The molecule has 1 aromatic heterocycles. The zero-order valence-corrected chi connectivity index (χ0v) is 10.8. The summed E-state index contributed by atoms with van der Waals surface area (Å²) >= 11 is 0. The first-order chi connectivity index (χ1) is 8.92. The Labute approximate surface area is 109 Å². The fourth-order valence-electron chi connectivity index (χ4n) is 1.96. The molecule has 2 aromatic rings. The second kappa shape index (κ2) is 6.75. The molecule has 1 heteroatoms. The molecule has 0 fully saturated rings. The van der Waals surface area contributed by atoms with E-state index in [1.54, 1.807) is 0 Å². The molecule has 18 heavy (non-hydrogen) atoms. The van der Waals surface area contributed by atoms with Crippen molar-refractivity contribution in [1.82, 2.24) is 4.98 Å². The van der Waals surface area contributed by atoms with Crippen molar-refractivity contribution in [2.24, 2.45) is 0 Å². The van der Waals surface area contributed by atoms with Crippen molar-refractivity contribution in [2.45, 2.75) is 26.2 Å². The molecule has 0 aliphatic heterocycles. The molecular weight excluding hydrogens is 218 g/mol.